The highest BCUT2D eigenvalue weighted by Gasteiger charge is 2.33. The van der Waals surface area contributed by atoms with Gasteiger partial charge in [-0.05, 0) is 80.1 Å². The largest absolute Gasteiger partial charge is 0.437 e. The molecule has 1 aromatic heterocycles. The quantitative estimate of drug-likeness (QED) is 0.395. The topological polar surface area (TPSA) is 64.1 Å². The number of halogens is 5. The molecule has 0 radical (unpaired) electrons. The van der Waals surface area contributed by atoms with Crippen molar-refractivity contribution in [1.82, 2.24) is 15.5 Å². The molecule has 2 aromatic carbocycles. The van der Waals surface area contributed by atoms with Gasteiger partial charge < -0.3 is 10.1 Å². The molecule has 1 aliphatic rings. The summed E-state index contributed by atoms with van der Waals surface area (Å²) in [5, 5.41) is 11.1. The number of alkyl halides is 4. The van der Waals surface area contributed by atoms with Crippen molar-refractivity contribution in [3.8, 4) is 11.6 Å². The Hall–Kier alpha value is -3.20. The van der Waals surface area contributed by atoms with Gasteiger partial charge in [-0.3, -0.25) is 4.79 Å². The van der Waals surface area contributed by atoms with Crippen molar-refractivity contribution in [3.63, 3.8) is 0 Å². The maximum Gasteiger partial charge on any atom is 0.416 e. The molecule has 1 atom stereocenters. The van der Waals surface area contributed by atoms with Crippen molar-refractivity contribution < 1.29 is 27.1 Å². The maximum absolute atomic E-state index is 15.5. The van der Waals surface area contributed by atoms with Crippen molar-refractivity contribution in [2.24, 2.45) is 0 Å². The van der Waals surface area contributed by atoms with Gasteiger partial charge in [0.25, 0.3) is 11.8 Å². The second-order valence-corrected chi connectivity index (χ2v) is 9.06. The first-order chi connectivity index (χ1) is 16.5. The van der Waals surface area contributed by atoms with Gasteiger partial charge in [-0.1, -0.05) is 23.7 Å². The summed E-state index contributed by atoms with van der Waals surface area (Å²) in [5.74, 6) is -1.02. The van der Waals surface area contributed by atoms with Gasteiger partial charge in [0.2, 0.25) is 0 Å². The van der Waals surface area contributed by atoms with Crippen LogP contribution in [0.4, 0.5) is 17.6 Å². The number of aryl methyl sites for hydroxylation is 2. The summed E-state index contributed by atoms with van der Waals surface area (Å²) in [7, 11) is 0. The van der Waals surface area contributed by atoms with E-state index in [4.69, 9.17) is 16.3 Å². The molecule has 0 saturated heterocycles. The predicted octanol–water partition coefficient (Wildman–Crippen LogP) is 6.35. The zero-order valence-corrected chi connectivity index (χ0v) is 19.7. The minimum atomic E-state index is -4.56. The molecule has 1 unspecified atom stereocenters. The van der Waals surface area contributed by atoms with Gasteiger partial charge in [0, 0.05) is 5.02 Å². The summed E-state index contributed by atoms with van der Waals surface area (Å²) in [6.45, 7) is 2.72. The van der Waals surface area contributed by atoms with Gasteiger partial charge in [-0.15, -0.1) is 5.10 Å². The molecule has 1 aliphatic carbocycles. The maximum atomic E-state index is 15.5. The molecule has 0 spiro atoms. The Morgan fingerprint density at radius 3 is 2.60 bits per heavy atom. The van der Waals surface area contributed by atoms with Crippen LogP contribution < -0.4 is 10.1 Å². The van der Waals surface area contributed by atoms with Gasteiger partial charge in [0.1, 0.15) is 11.3 Å². The Balaban J connectivity index is 1.62. The van der Waals surface area contributed by atoms with Crippen molar-refractivity contribution in [2.45, 2.75) is 45.0 Å². The highest BCUT2D eigenvalue weighted by Crippen LogP contribution is 2.35. The monoisotopic (exact) mass is 507 g/mol. The average molecular weight is 508 g/mol. The minimum Gasteiger partial charge on any atom is -0.437 e. The van der Waals surface area contributed by atoms with Gasteiger partial charge in [0.05, 0.1) is 17.8 Å². The fourth-order valence-electron chi connectivity index (χ4n) is 4.19. The zero-order chi connectivity index (χ0) is 25.4. The molecule has 1 N–H and O–H groups in total. The van der Waals surface area contributed by atoms with Crippen LogP contribution in [-0.2, 0) is 24.7 Å². The first-order valence-electron chi connectivity index (χ1n) is 10.9. The van der Waals surface area contributed by atoms with Crippen LogP contribution >= 0.6 is 11.6 Å². The number of nitrogens with zero attached hydrogens (tertiary/aromatic N) is 2. The number of rotatable bonds is 6. The van der Waals surface area contributed by atoms with Gasteiger partial charge in [-0.2, -0.15) is 18.3 Å². The highest BCUT2D eigenvalue weighted by molar-refractivity contribution is 6.30. The second kappa shape index (κ2) is 9.45. The Labute approximate surface area is 204 Å². The molecule has 3 aromatic rings. The standard InChI is InChI=1S/C25H22ClF4N3O2/c1-14-11-16(26)9-10-19(14)24(2,27)13-31-22(34)21-18-7-4-8-20(18)32-33-23(21)35-17-6-3-5-15(12-17)25(28,29)30/h3,5-6,9-12H,4,7-8,13H2,1-2H3,(H,31,34). The lowest BCUT2D eigenvalue weighted by molar-refractivity contribution is -0.137. The smallest absolute Gasteiger partial charge is 0.416 e. The minimum absolute atomic E-state index is 0.0496. The molecule has 10 heteroatoms. The molecule has 4 rings (SSSR count). The van der Waals surface area contributed by atoms with Crippen LogP contribution in [0, 0.1) is 6.92 Å². The lowest BCUT2D eigenvalue weighted by Gasteiger charge is -2.24. The van der Waals surface area contributed by atoms with E-state index in [0.717, 1.165) is 18.6 Å². The van der Waals surface area contributed by atoms with Crippen LogP contribution in [0.25, 0.3) is 0 Å². The average Bonchev–Trinajstić information content (AvgIpc) is 3.25. The molecule has 0 saturated carbocycles. The summed E-state index contributed by atoms with van der Waals surface area (Å²) >= 11 is 5.97. The van der Waals surface area contributed by atoms with E-state index in [-0.39, 0.29) is 23.7 Å². The molecule has 0 fully saturated rings. The van der Waals surface area contributed by atoms with Crippen LogP contribution in [-0.4, -0.2) is 22.6 Å². The lowest BCUT2D eigenvalue weighted by atomic mass is 9.93. The summed E-state index contributed by atoms with van der Waals surface area (Å²) in [5.41, 5.74) is -0.533. The Bertz CT molecular complexity index is 1280. The number of aromatic nitrogens is 2. The first-order valence-corrected chi connectivity index (χ1v) is 11.3. The number of amides is 1. The number of carbonyl (C=O) groups is 1. The molecule has 35 heavy (non-hydrogen) atoms. The fourth-order valence-corrected chi connectivity index (χ4v) is 4.41. The third-order valence-electron chi connectivity index (χ3n) is 5.90. The number of benzene rings is 2. The van der Waals surface area contributed by atoms with Crippen LogP contribution in [0.1, 0.15) is 51.7 Å². The van der Waals surface area contributed by atoms with E-state index < -0.39 is 23.3 Å². The molecular formula is C25H22ClF4N3O2. The van der Waals surface area contributed by atoms with Crippen molar-refractivity contribution in [1.29, 1.82) is 0 Å². The molecular weight excluding hydrogens is 486 g/mol. The van der Waals surface area contributed by atoms with E-state index in [1.54, 1.807) is 25.1 Å². The molecule has 1 heterocycles. The van der Waals surface area contributed by atoms with Crippen LogP contribution in [0.15, 0.2) is 42.5 Å². The fraction of sp³-hybridized carbons (Fsp3) is 0.320. The van der Waals surface area contributed by atoms with E-state index in [1.165, 1.54) is 19.1 Å². The Kier molecular flexibility index (Phi) is 6.73. The third-order valence-corrected chi connectivity index (χ3v) is 6.13. The summed E-state index contributed by atoms with van der Waals surface area (Å²) < 4.78 is 60.5. The molecule has 5 nitrogen and oxygen atoms in total. The van der Waals surface area contributed by atoms with Crippen molar-refractivity contribution in [3.05, 3.63) is 81.0 Å². The van der Waals surface area contributed by atoms with Crippen molar-refractivity contribution >= 4 is 17.5 Å². The van der Waals surface area contributed by atoms with E-state index in [1.807, 2.05) is 0 Å². The Morgan fingerprint density at radius 2 is 1.89 bits per heavy atom. The summed E-state index contributed by atoms with van der Waals surface area (Å²) in [6, 6.07) is 9.03. The summed E-state index contributed by atoms with van der Waals surface area (Å²) in [6.07, 6.45) is -2.69. The van der Waals surface area contributed by atoms with Gasteiger partial charge in [-0.25, -0.2) is 4.39 Å². The number of ether oxygens (including phenoxy) is 1. The number of fused-ring (bicyclic) bond motifs is 1. The highest BCUT2D eigenvalue weighted by atomic mass is 35.5. The van der Waals surface area contributed by atoms with Crippen LogP contribution in [0.2, 0.25) is 5.02 Å². The van der Waals surface area contributed by atoms with Crippen LogP contribution in [0.3, 0.4) is 0 Å². The normalized spacial score (nSPS) is 14.8. The van der Waals surface area contributed by atoms with E-state index in [2.05, 4.69) is 15.5 Å². The molecule has 0 bridgehead atoms. The van der Waals surface area contributed by atoms with E-state index in [9.17, 15) is 18.0 Å². The van der Waals surface area contributed by atoms with Gasteiger partial charge >= 0.3 is 6.18 Å². The summed E-state index contributed by atoms with van der Waals surface area (Å²) in [4.78, 5) is 13.2. The number of carbonyl (C=O) groups excluding carboxylic acids is 1. The molecule has 184 valence electrons. The predicted molar refractivity (Wildman–Crippen MR) is 123 cm³/mol. The molecule has 1 amide bonds. The van der Waals surface area contributed by atoms with E-state index in [0.29, 0.717) is 40.2 Å². The molecule has 0 aliphatic heterocycles. The van der Waals surface area contributed by atoms with Crippen LogP contribution in [0.5, 0.6) is 11.6 Å². The first kappa shape index (κ1) is 24.9. The second-order valence-electron chi connectivity index (χ2n) is 8.63. The number of hydrogen-bond donors (Lipinski definition) is 1. The SMILES string of the molecule is Cc1cc(Cl)ccc1C(C)(F)CNC(=O)c1c(Oc2cccc(C(F)(F)F)c2)nnc2c1CCC2. The lowest BCUT2D eigenvalue weighted by Crippen LogP contribution is -2.37. The number of nitrogens with one attached hydrogen (secondary N) is 1. The van der Waals surface area contributed by atoms with E-state index >= 15 is 4.39 Å². The number of hydrogen-bond acceptors (Lipinski definition) is 4. The van der Waals surface area contributed by atoms with Gasteiger partial charge in [0.15, 0.2) is 5.67 Å². The van der Waals surface area contributed by atoms with Crippen molar-refractivity contribution in [2.75, 3.05) is 6.54 Å². The third kappa shape index (κ3) is 5.40. The zero-order valence-electron chi connectivity index (χ0n) is 19.0. The Morgan fingerprint density at radius 1 is 1.11 bits per heavy atom.